The van der Waals surface area contributed by atoms with Crippen molar-refractivity contribution in [2.45, 2.75) is 13.5 Å². The Morgan fingerprint density at radius 3 is 3.00 bits per heavy atom. The van der Waals surface area contributed by atoms with E-state index < -0.39 is 0 Å². The van der Waals surface area contributed by atoms with Crippen molar-refractivity contribution in [3.05, 3.63) is 29.8 Å². The third kappa shape index (κ3) is 3.35. The van der Waals surface area contributed by atoms with Crippen molar-refractivity contribution in [3.8, 4) is 11.5 Å². The van der Waals surface area contributed by atoms with Crippen LogP contribution in [0.4, 0.5) is 0 Å². The lowest BCUT2D eigenvalue weighted by Gasteiger charge is -1.98. The van der Waals surface area contributed by atoms with Gasteiger partial charge in [-0.3, -0.25) is 0 Å². The molecule has 18 heavy (non-hydrogen) atoms. The van der Waals surface area contributed by atoms with Gasteiger partial charge in [0.2, 0.25) is 11.7 Å². The van der Waals surface area contributed by atoms with Gasteiger partial charge in [0.15, 0.2) is 0 Å². The average molecular weight is 248 g/mol. The Morgan fingerprint density at radius 2 is 2.22 bits per heavy atom. The SMILES string of the molecule is COCCNCc1nc(-c2cccc(C)n2)no1. The minimum atomic E-state index is 0.516. The first kappa shape index (κ1) is 12.7. The van der Waals surface area contributed by atoms with E-state index in [0.29, 0.717) is 24.9 Å². The summed E-state index contributed by atoms with van der Waals surface area (Å²) in [6.07, 6.45) is 0. The van der Waals surface area contributed by atoms with E-state index in [2.05, 4.69) is 20.4 Å². The van der Waals surface area contributed by atoms with Crippen LogP contribution in [-0.2, 0) is 11.3 Å². The number of hydrogen-bond acceptors (Lipinski definition) is 6. The zero-order valence-corrected chi connectivity index (χ0v) is 10.5. The minimum Gasteiger partial charge on any atom is -0.383 e. The van der Waals surface area contributed by atoms with Crippen molar-refractivity contribution in [2.75, 3.05) is 20.3 Å². The van der Waals surface area contributed by atoms with Crippen LogP contribution in [0.25, 0.3) is 11.5 Å². The molecule has 6 heteroatoms. The number of hydrogen-bond donors (Lipinski definition) is 1. The van der Waals surface area contributed by atoms with Gasteiger partial charge in [0.25, 0.3) is 0 Å². The summed E-state index contributed by atoms with van der Waals surface area (Å²) in [5.41, 5.74) is 1.65. The highest BCUT2D eigenvalue weighted by molar-refractivity contribution is 5.47. The third-order valence-corrected chi connectivity index (χ3v) is 2.34. The van der Waals surface area contributed by atoms with Crippen molar-refractivity contribution >= 4 is 0 Å². The summed E-state index contributed by atoms with van der Waals surface area (Å²) in [6, 6.07) is 5.71. The molecule has 0 aromatic carbocycles. The van der Waals surface area contributed by atoms with Gasteiger partial charge in [-0.15, -0.1) is 0 Å². The molecule has 0 bridgehead atoms. The van der Waals surface area contributed by atoms with Crippen LogP contribution in [0.3, 0.4) is 0 Å². The number of ether oxygens (including phenoxy) is 1. The highest BCUT2D eigenvalue weighted by Gasteiger charge is 2.09. The molecule has 0 spiro atoms. The number of pyridine rings is 1. The van der Waals surface area contributed by atoms with Crippen LogP contribution in [0, 0.1) is 6.92 Å². The largest absolute Gasteiger partial charge is 0.383 e. The molecule has 0 fully saturated rings. The molecule has 0 radical (unpaired) electrons. The van der Waals surface area contributed by atoms with Crippen LogP contribution >= 0.6 is 0 Å². The molecule has 2 aromatic rings. The quantitative estimate of drug-likeness (QED) is 0.774. The lowest BCUT2D eigenvalue weighted by atomic mass is 10.3. The molecule has 0 saturated heterocycles. The zero-order chi connectivity index (χ0) is 12.8. The Hall–Kier alpha value is -1.79. The molecular formula is C12H16N4O2. The summed E-state index contributed by atoms with van der Waals surface area (Å²) in [7, 11) is 1.66. The fourth-order valence-electron chi connectivity index (χ4n) is 1.47. The van der Waals surface area contributed by atoms with Gasteiger partial charge >= 0.3 is 0 Å². The summed E-state index contributed by atoms with van der Waals surface area (Å²) in [5, 5.41) is 7.04. The Morgan fingerprint density at radius 1 is 1.33 bits per heavy atom. The van der Waals surface area contributed by atoms with Crippen LogP contribution < -0.4 is 5.32 Å². The molecule has 1 N–H and O–H groups in total. The highest BCUT2D eigenvalue weighted by atomic mass is 16.5. The first-order chi connectivity index (χ1) is 8.79. The number of aryl methyl sites for hydroxylation is 1. The Labute approximate surface area is 105 Å². The molecule has 0 atom stereocenters. The van der Waals surface area contributed by atoms with E-state index in [-0.39, 0.29) is 0 Å². The van der Waals surface area contributed by atoms with E-state index in [0.717, 1.165) is 17.9 Å². The van der Waals surface area contributed by atoms with Crippen molar-refractivity contribution in [3.63, 3.8) is 0 Å². The molecule has 0 saturated carbocycles. The van der Waals surface area contributed by atoms with Crippen molar-refractivity contribution < 1.29 is 9.26 Å². The lowest BCUT2D eigenvalue weighted by molar-refractivity contribution is 0.197. The third-order valence-electron chi connectivity index (χ3n) is 2.34. The van der Waals surface area contributed by atoms with Crippen molar-refractivity contribution in [1.82, 2.24) is 20.4 Å². The van der Waals surface area contributed by atoms with E-state index in [1.54, 1.807) is 7.11 Å². The van der Waals surface area contributed by atoms with E-state index in [1.165, 1.54) is 0 Å². The molecule has 0 amide bonds. The zero-order valence-electron chi connectivity index (χ0n) is 10.5. The maximum absolute atomic E-state index is 5.13. The van der Waals surface area contributed by atoms with Gasteiger partial charge in [0.1, 0.15) is 5.69 Å². The van der Waals surface area contributed by atoms with Gasteiger partial charge in [-0.1, -0.05) is 11.2 Å². The van der Waals surface area contributed by atoms with Gasteiger partial charge < -0.3 is 14.6 Å². The van der Waals surface area contributed by atoms with Crippen molar-refractivity contribution in [1.29, 1.82) is 0 Å². The smallest absolute Gasteiger partial charge is 0.240 e. The fraction of sp³-hybridized carbons (Fsp3) is 0.417. The molecular weight excluding hydrogens is 232 g/mol. The van der Waals surface area contributed by atoms with Gasteiger partial charge in [0.05, 0.1) is 13.2 Å². The normalized spacial score (nSPS) is 10.8. The van der Waals surface area contributed by atoms with Gasteiger partial charge in [-0.05, 0) is 19.1 Å². The molecule has 6 nitrogen and oxygen atoms in total. The average Bonchev–Trinajstić information content (AvgIpc) is 2.83. The van der Waals surface area contributed by atoms with Crippen LogP contribution in [0.1, 0.15) is 11.6 Å². The summed E-state index contributed by atoms with van der Waals surface area (Å²) < 4.78 is 10.1. The molecule has 0 unspecified atom stereocenters. The Bertz CT molecular complexity index is 498. The van der Waals surface area contributed by atoms with E-state index in [9.17, 15) is 0 Å². The second-order valence-corrected chi connectivity index (χ2v) is 3.85. The first-order valence-electron chi connectivity index (χ1n) is 5.76. The minimum absolute atomic E-state index is 0.516. The number of rotatable bonds is 6. The molecule has 0 aliphatic rings. The Balaban J connectivity index is 1.97. The summed E-state index contributed by atoms with van der Waals surface area (Å²) >= 11 is 0. The molecule has 2 aromatic heterocycles. The molecule has 2 heterocycles. The number of methoxy groups -OCH3 is 1. The maximum Gasteiger partial charge on any atom is 0.240 e. The number of nitrogens with one attached hydrogen (secondary N) is 1. The summed E-state index contributed by atoms with van der Waals surface area (Å²) in [5.74, 6) is 1.06. The second kappa shape index (κ2) is 6.23. The summed E-state index contributed by atoms with van der Waals surface area (Å²) in [4.78, 5) is 8.62. The summed E-state index contributed by atoms with van der Waals surface area (Å²) in [6.45, 7) is 3.86. The van der Waals surface area contributed by atoms with Crippen molar-refractivity contribution in [2.24, 2.45) is 0 Å². The monoisotopic (exact) mass is 248 g/mol. The topological polar surface area (TPSA) is 73.1 Å². The molecule has 96 valence electrons. The number of aromatic nitrogens is 3. The second-order valence-electron chi connectivity index (χ2n) is 3.85. The van der Waals surface area contributed by atoms with Crippen LogP contribution in [0.2, 0.25) is 0 Å². The van der Waals surface area contributed by atoms with Gasteiger partial charge in [-0.25, -0.2) is 4.98 Å². The van der Waals surface area contributed by atoms with Crippen LogP contribution in [0.15, 0.2) is 22.7 Å². The first-order valence-corrected chi connectivity index (χ1v) is 5.76. The van der Waals surface area contributed by atoms with E-state index in [1.807, 2.05) is 25.1 Å². The van der Waals surface area contributed by atoms with Gasteiger partial charge in [-0.2, -0.15) is 4.98 Å². The Kier molecular flexibility index (Phi) is 4.38. The molecule has 0 aliphatic heterocycles. The molecule has 0 aliphatic carbocycles. The number of nitrogens with zero attached hydrogens (tertiary/aromatic N) is 3. The predicted molar refractivity (Wildman–Crippen MR) is 65.8 cm³/mol. The van der Waals surface area contributed by atoms with E-state index >= 15 is 0 Å². The van der Waals surface area contributed by atoms with Crippen LogP contribution in [0.5, 0.6) is 0 Å². The van der Waals surface area contributed by atoms with E-state index in [4.69, 9.17) is 9.26 Å². The standard InChI is InChI=1S/C12H16N4O2/c1-9-4-3-5-10(14-9)12-15-11(18-16-12)8-13-6-7-17-2/h3-5,13H,6-8H2,1-2H3. The highest BCUT2D eigenvalue weighted by Crippen LogP contribution is 2.12. The predicted octanol–water partition coefficient (Wildman–Crippen LogP) is 1.18. The fourth-order valence-corrected chi connectivity index (χ4v) is 1.47. The maximum atomic E-state index is 5.13. The lowest BCUT2D eigenvalue weighted by Crippen LogP contribution is -2.18. The molecule has 2 rings (SSSR count). The van der Waals surface area contributed by atoms with Crippen LogP contribution in [-0.4, -0.2) is 35.4 Å². The van der Waals surface area contributed by atoms with Gasteiger partial charge in [0, 0.05) is 19.3 Å².